The van der Waals surface area contributed by atoms with Gasteiger partial charge in [-0.15, -0.1) is 11.3 Å². The topological polar surface area (TPSA) is 111 Å². The third-order valence-corrected chi connectivity index (χ3v) is 3.72. The van der Waals surface area contributed by atoms with E-state index in [-0.39, 0.29) is 23.7 Å². The van der Waals surface area contributed by atoms with Gasteiger partial charge in [0.2, 0.25) is 5.91 Å². The largest absolute Gasteiger partial charge is 0.375 e. The van der Waals surface area contributed by atoms with E-state index in [4.69, 9.17) is 5.73 Å². The fraction of sp³-hybridized carbons (Fsp3) is 0.231. The van der Waals surface area contributed by atoms with Gasteiger partial charge in [-0.05, 0) is 31.0 Å². The summed E-state index contributed by atoms with van der Waals surface area (Å²) in [7, 11) is 0. The molecule has 1 amide bonds. The first-order chi connectivity index (χ1) is 9.86. The molecule has 0 aliphatic heterocycles. The van der Waals surface area contributed by atoms with Crippen molar-refractivity contribution < 1.29 is 9.72 Å². The lowest BCUT2D eigenvalue weighted by atomic mass is 10.1. The molecule has 0 radical (unpaired) electrons. The summed E-state index contributed by atoms with van der Waals surface area (Å²) >= 11 is 1.24. The molecule has 0 bridgehead atoms. The lowest BCUT2D eigenvalue weighted by Gasteiger charge is -2.08. The van der Waals surface area contributed by atoms with Gasteiger partial charge in [-0.3, -0.25) is 14.9 Å². The smallest absolute Gasteiger partial charge is 0.293 e. The lowest BCUT2D eigenvalue weighted by Crippen LogP contribution is -2.16. The predicted molar refractivity (Wildman–Crippen MR) is 81.4 cm³/mol. The summed E-state index contributed by atoms with van der Waals surface area (Å²) in [4.78, 5) is 26.5. The molecule has 0 aliphatic rings. The molecule has 8 heteroatoms. The summed E-state index contributed by atoms with van der Waals surface area (Å²) in [5.74, 6) is -0.369. The summed E-state index contributed by atoms with van der Waals surface area (Å²) in [6.07, 6.45) is 0.0256. The van der Waals surface area contributed by atoms with E-state index in [9.17, 15) is 14.9 Å². The summed E-state index contributed by atoms with van der Waals surface area (Å²) in [5.41, 5.74) is 7.77. The molecule has 21 heavy (non-hydrogen) atoms. The van der Waals surface area contributed by atoms with Crippen molar-refractivity contribution in [3.63, 3.8) is 0 Å². The Bertz CT molecular complexity index is 711. The van der Waals surface area contributed by atoms with Crippen LogP contribution in [0.2, 0.25) is 0 Å². The van der Waals surface area contributed by atoms with Crippen LogP contribution in [0.15, 0.2) is 17.5 Å². The standard InChI is InChI=1S/C13H14N4O3S/c1-7-3-10(11(17(19)20)4-8(7)2)16-12(18)5-9-6-21-13(14)15-9/h3-4,6H,5H2,1-2H3,(H2,14,15)(H,16,18). The SMILES string of the molecule is Cc1cc(NC(=O)Cc2csc(N)n2)c([N+](=O)[O-])cc1C. The molecular formula is C13H14N4O3S. The minimum absolute atomic E-state index is 0.0256. The Balaban J connectivity index is 2.20. The predicted octanol–water partition coefficient (Wildman–Crippen LogP) is 2.43. The molecule has 0 saturated carbocycles. The first kappa shape index (κ1) is 14.9. The zero-order chi connectivity index (χ0) is 15.6. The lowest BCUT2D eigenvalue weighted by molar-refractivity contribution is -0.384. The second kappa shape index (κ2) is 5.88. The molecule has 110 valence electrons. The van der Waals surface area contributed by atoms with Gasteiger partial charge in [0.1, 0.15) is 5.69 Å². The Morgan fingerprint density at radius 3 is 2.67 bits per heavy atom. The maximum atomic E-state index is 12.0. The van der Waals surface area contributed by atoms with Crippen LogP contribution in [0.4, 0.5) is 16.5 Å². The van der Waals surface area contributed by atoms with Gasteiger partial charge in [-0.2, -0.15) is 0 Å². The van der Waals surface area contributed by atoms with Gasteiger partial charge in [-0.1, -0.05) is 0 Å². The van der Waals surface area contributed by atoms with Crippen molar-refractivity contribution in [2.75, 3.05) is 11.1 Å². The number of benzene rings is 1. The summed E-state index contributed by atoms with van der Waals surface area (Å²) in [6.45, 7) is 3.61. The number of nitro benzene ring substituents is 1. The molecule has 2 aromatic rings. The third kappa shape index (κ3) is 3.54. The van der Waals surface area contributed by atoms with Crippen molar-refractivity contribution in [3.05, 3.63) is 44.4 Å². The van der Waals surface area contributed by atoms with Crippen LogP contribution in [-0.4, -0.2) is 15.8 Å². The second-order valence-corrected chi connectivity index (χ2v) is 5.50. The van der Waals surface area contributed by atoms with E-state index in [0.29, 0.717) is 10.8 Å². The van der Waals surface area contributed by atoms with Gasteiger partial charge in [0.25, 0.3) is 5.69 Å². The number of hydrogen-bond donors (Lipinski definition) is 2. The van der Waals surface area contributed by atoms with E-state index in [2.05, 4.69) is 10.3 Å². The van der Waals surface area contributed by atoms with Crippen molar-refractivity contribution >= 4 is 33.8 Å². The molecule has 7 nitrogen and oxygen atoms in total. The van der Waals surface area contributed by atoms with Crippen LogP contribution in [0.3, 0.4) is 0 Å². The van der Waals surface area contributed by atoms with E-state index in [1.54, 1.807) is 18.4 Å². The molecule has 0 unspecified atom stereocenters. The van der Waals surface area contributed by atoms with Gasteiger partial charge in [0.15, 0.2) is 5.13 Å². The number of amides is 1. The van der Waals surface area contributed by atoms with E-state index in [0.717, 1.165) is 11.1 Å². The van der Waals surface area contributed by atoms with Crippen LogP contribution in [0.5, 0.6) is 0 Å². The summed E-state index contributed by atoms with van der Waals surface area (Å²) in [6, 6.07) is 3.05. The van der Waals surface area contributed by atoms with Gasteiger partial charge < -0.3 is 11.1 Å². The van der Waals surface area contributed by atoms with E-state index >= 15 is 0 Å². The Labute approximate surface area is 125 Å². The number of carbonyl (C=O) groups excluding carboxylic acids is 1. The van der Waals surface area contributed by atoms with Crippen molar-refractivity contribution in [1.82, 2.24) is 4.98 Å². The fourth-order valence-corrected chi connectivity index (χ4v) is 2.38. The first-order valence-electron chi connectivity index (χ1n) is 6.12. The molecular weight excluding hydrogens is 292 g/mol. The van der Waals surface area contributed by atoms with Crippen molar-refractivity contribution in [2.45, 2.75) is 20.3 Å². The molecule has 1 aromatic carbocycles. The summed E-state index contributed by atoms with van der Waals surface area (Å²) < 4.78 is 0. The number of nitrogens with one attached hydrogen (secondary N) is 1. The maximum absolute atomic E-state index is 12.0. The fourth-order valence-electron chi connectivity index (χ4n) is 1.81. The van der Waals surface area contributed by atoms with Crippen molar-refractivity contribution in [3.8, 4) is 0 Å². The molecule has 0 saturated heterocycles. The average molecular weight is 306 g/mol. The quantitative estimate of drug-likeness (QED) is 0.665. The number of hydrogen-bond acceptors (Lipinski definition) is 6. The Morgan fingerprint density at radius 1 is 1.43 bits per heavy atom. The van der Waals surface area contributed by atoms with Crippen LogP contribution < -0.4 is 11.1 Å². The second-order valence-electron chi connectivity index (χ2n) is 4.61. The number of nitrogen functional groups attached to an aromatic ring is 1. The van der Waals surface area contributed by atoms with Gasteiger partial charge in [-0.25, -0.2) is 4.98 Å². The van der Waals surface area contributed by atoms with Crippen LogP contribution in [0, 0.1) is 24.0 Å². The molecule has 0 atom stereocenters. The van der Waals surface area contributed by atoms with Crippen LogP contribution >= 0.6 is 11.3 Å². The molecule has 1 aromatic heterocycles. The Morgan fingerprint density at radius 2 is 2.10 bits per heavy atom. The van der Waals surface area contributed by atoms with E-state index < -0.39 is 4.92 Å². The zero-order valence-corrected chi connectivity index (χ0v) is 12.4. The molecule has 3 N–H and O–H groups in total. The van der Waals surface area contributed by atoms with Gasteiger partial charge in [0.05, 0.1) is 17.0 Å². The normalized spacial score (nSPS) is 10.4. The zero-order valence-electron chi connectivity index (χ0n) is 11.5. The number of thiazole rings is 1. The van der Waals surface area contributed by atoms with Crippen LogP contribution in [0.25, 0.3) is 0 Å². The van der Waals surface area contributed by atoms with Crippen LogP contribution in [-0.2, 0) is 11.2 Å². The monoisotopic (exact) mass is 306 g/mol. The number of nitrogens with two attached hydrogens (primary N) is 1. The van der Waals surface area contributed by atoms with Crippen LogP contribution in [0.1, 0.15) is 16.8 Å². The highest BCUT2D eigenvalue weighted by molar-refractivity contribution is 7.13. The van der Waals surface area contributed by atoms with Gasteiger partial charge >= 0.3 is 0 Å². The number of aromatic nitrogens is 1. The van der Waals surface area contributed by atoms with E-state index in [1.807, 2.05) is 6.92 Å². The minimum atomic E-state index is -0.511. The minimum Gasteiger partial charge on any atom is -0.375 e. The number of aryl methyl sites for hydroxylation is 2. The maximum Gasteiger partial charge on any atom is 0.293 e. The first-order valence-corrected chi connectivity index (χ1v) is 7.00. The highest BCUT2D eigenvalue weighted by atomic mass is 32.1. The number of nitrogens with zero attached hydrogens (tertiary/aromatic N) is 2. The highest BCUT2D eigenvalue weighted by Gasteiger charge is 2.18. The van der Waals surface area contributed by atoms with E-state index in [1.165, 1.54) is 17.4 Å². The highest BCUT2D eigenvalue weighted by Crippen LogP contribution is 2.28. The number of carbonyl (C=O) groups is 1. The average Bonchev–Trinajstić information content (AvgIpc) is 2.78. The third-order valence-electron chi connectivity index (χ3n) is 2.99. The molecule has 0 fully saturated rings. The number of rotatable bonds is 4. The Kier molecular flexibility index (Phi) is 4.18. The van der Waals surface area contributed by atoms with Gasteiger partial charge in [0, 0.05) is 11.4 Å². The molecule has 0 aliphatic carbocycles. The van der Waals surface area contributed by atoms with Crippen molar-refractivity contribution in [2.24, 2.45) is 0 Å². The number of anilines is 2. The van der Waals surface area contributed by atoms with Crippen molar-refractivity contribution in [1.29, 1.82) is 0 Å². The molecule has 1 heterocycles. The Hall–Kier alpha value is -2.48. The molecule has 2 rings (SSSR count). The summed E-state index contributed by atoms with van der Waals surface area (Å²) in [5, 5.41) is 15.7. The molecule has 0 spiro atoms. The number of nitro groups is 1.